The van der Waals surface area contributed by atoms with E-state index in [9.17, 15) is 13.6 Å². The molecule has 1 heterocycles. The Kier molecular flexibility index (Phi) is 6.04. The van der Waals surface area contributed by atoms with E-state index in [0.29, 0.717) is 16.8 Å². The largest absolute Gasteiger partial charge is 0.467 e. The molecule has 0 atom stereocenters. The maximum atomic E-state index is 14.5. The van der Waals surface area contributed by atoms with Crippen LogP contribution in [0.3, 0.4) is 0 Å². The van der Waals surface area contributed by atoms with Crippen molar-refractivity contribution in [2.24, 2.45) is 9.98 Å². The fraction of sp³-hybridized carbons (Fsp3) is 0.130. The van der Waals surface area contributed by atoms with Gasteiger partial charge >= 0.3 is 6.02 Å². The fourth-order valence-corrected chi connectivity index (χ4v) is 2.94. The molecule has 7 heteroatoms. The molecule has 0 saturated carbocycles. The molecule has 0 unspecified atom stereocenters. The Balaban J connectivity index is 2.09. The van der Waals surface area contributed by atoms with Gasteiger partial charge in [-0.15, -0.1) is 5.73 Å². The lowest BCUT2D eigenvalue weighted by Crippen LogP contribution is -2.09. The van der Waals surface area contributed by atoms with Gasteiger partial charge in [0.1, 0.15) is 11.6 Å². The molecule has 5 nitrogen and oxygen atoms in total. The number of halogens is 2. The molecule has 2 aromatic rings. The summed E-state index contributed by atoms with van der Waals surface area (Å²) in [5.74, 6) is -2.51. The van der Waals surface area contributed by atoms with Crippen LogP contribution in [0, 0.1) is 18.6 Å². The third-order valence-corrected chi connectivity index (χ3v) is 4.62. The Morgan fingerprint density at radius 1 is 1.30 bits per heavy atom. The Labute approximate surface area is 172 Å². The minimum atomic E-state index is -0.904. The zero-order valence-corrected chi connectivity index (χ0v) is 16.7. The first-order valence-electron chi connectivity index (χ1n) is 8.97. The summed E-state index contributed by atoms with van der Waals surface area (Å²) in [6, 6.07) is 2.49. The normalized spacial score (nSPS) is 13.6. The SMILES string of the molecule is C=NC(=NC=C(C)C1=Cc2c(C(=O)c3c(F)ccc(C)c3F)c[nH]c2C=C=C1)OC. The van der Waals surface area contributed by atoms with E-state index in [1.54, 1.807) is 18.2 Å². The van der Waals surface area contributed by atoms with Gasteiger partial charge in [-0.25, -0.2) is 18.8 Å². The van der Waals surface area contributed by atoms with Crippen molar-refractivity contribution in [1.29, 1.82) is 0 Å². The van der Waals surface area contributed by atoms with Gasteiger partial charge in [0, 0.05) is 29.6 Å². The minimum Gasteiger partial charge on any atom is -0.467 e. The summed E-state index contributed by atoms with van der Waals surface area (Å²) < 4.78 is 33.7. The number of carbonyl (C=O) groups excluding carboxylic acids is 1. The fourth-order valence-electron chi connectivity index (χ4n) is 2.94. The summed E-state index contributed by atoms with van der Waals surface area (Å²) >= 11 is 0. The van der Waals surface area contributed by atoms with Gasteiger partial charge < -0.3 is 9.72 Å². The number of carbonyl (C=O) groups is 1. The van der Waals surface area contributed by atoms with E-state index >= 15 is 0 Å². The molecule has 0 aliphatic heterocycles. The van der Waals surface area contributed by atoms with Crippen LogP contribution in [-0.2, 0) is 4.74 Å². The average Bonchev–Trinajstić information content (AvgIpc) is 3.01. The summed E-state index contributed by atoms with van der Waals surface area (Å²) in [6.07, 6.45) is 8.08. The number of H-pyrrole nitrogens is 1. The van der Waals surface area contributed by atoms with Crippen LogP contribution < -0.4 is 0 Å². The molecule has 0 bridgehead atoms. The Morgan fingerprint density at radius 3 is 2.77 bits per heavy atom. The number of nitrogens with one attached hydrogen (secondary N) is 1. The Hall–Kier alpha value is -3.83. The van der Waals surface area contributed by atoms with Crippen molar-refractivity contribution in [3.63, 3.8) is 0 Å². The molecule has 1 aromatic carbocycles. The van der Waals surface area contributed by atoms with Gasteiger partial charge in [0.2, 0.25) is 5.78 Å². The molecule has 0 radical (unpaired) electrons. The standard InChI is InChI=1S/C23H19F2N3O2/c1-13-8-9-18(24)20(21(13)25)22(29)17-12-27-19-7-5-6-15(10-16(17)19)14(2)11-28-23(26-3)30-4/h6-12,27H,3H2,1-2,4H3. The van der Waals surface area contributed by atoms with Gasteiger partial charge in [0.15, 0.2) is 0 Å². The molecule has 152 valence electrons. The van der Waals surface area contributed by atoms with Crippen LogP contribution in [0.5, 0.6) is 0 Å². The molecule has 1 aliphatic carbocycles. The number of ketones is 1. The van der Waals surface area contributed by atoms with Crippen LogP contribution in [0.25, 0.3) is 12.2 Å². The lowest BCUT2D eigenvalue weighted by Gasteiger charge is -2.07. The van der Waals surface area contributed by atoms with Crippen molar-refractivity contribution in [3.05, 3.63) is 87.1 Å². The first-order chi connectivity index (χ1) is 14.4. The number of nitrogens with zero attached hydrogens (tertiary/aromatic N) is 2. The number of hydrogen-bond acceptors (Lipinski definition) is 3. The maximum absolute atomic E-state index is 14.5. The molecule has 0 amide bonds. The second kappa shape index (κ2) is 8.68. The summed E-state index contributed by atoms with van der Waals surface area (Å²) in [5.41, 5.74) is 5.31. The number of hydrogen-bond donors (Lipinski definition) is 1. The van der Waals surface area contributed by atoms with E-state index in [-0.39, 0.29) is 17.1 Å². The van der Waals surface area contributed by atoms with E-state index in [1.807, 2.05) is 6.92 Å². The molecular formula is C23H19F2N3O2. The van der Waals surface area contributed by atoms with Crippen molar-refractivity contribution < 1.29 is 18.3 Å². The number of aliphatic imine (C=N–C) groups is 2. The van der Waals surface area contributed by atoms with Crippen LogP contribution in [0.4, 0.5) is 8.78 Å². The molecule has 0 spiro atoms. The van der Waals surface area contributed by atoms with E-state index < -0.39 is 23.0 Å². The van der Waals surface area contributed by atoms with Crippen molar-refractivity contribution in [1.82, 2.24) is 4.98 Å². The first kappa shape index (κ1) is 20.9. The third-order valence-electron chi connectivity index (χ3n) is 4.62. The predicted molar refractivity (Wildman–Crippen MR) is 114 cm³/mol. The molecule has 0 fully saturated rings. The number of aromatic nitrogens is 1. The topological polar surface area (TPSA) is 66.8 Å². The summed E-state index contributed by atoms with van der Waals surface area (Å²) in [7, 11) is 1.43. The molecule has 0 saturated heterocycles. The molecule has 1 aromatic heterocycles. The summed E-state index contributed by atoms with van der Waals surface area (Å²) in [6.45, 7) is 6.65. The number of aryl methyl sites for hydroxylation is 1. The van der Waals surface area contributed by atoms with Crippen molar-refractivity contribution >= 4 is 30.7 Å². The number of methoxy groups -OCH3 is 1. The van der Waals surface area contributed by atoms with Crippen LogP contribution >= 0.6 is 0 Å². The number of aromatic amines is 1. The lowest BCUT2D eigenvalue weighted by molar-refractivity contribution is 0.103. The highest BCUT2D eigenvalue weighted by Gasteiger charge is 2.24. The van der Waals surface area contributed by atoms with Gasteiger partial charge in [0.25, 0.3) is 0 Å². The van der Waals surface area contributed by atoms with Crippen molar-refractivity contribution in [2.45, 2.75) is 13.8 Å². The monoisotopic (exact) mass is 407 g/mol. The number of amidine groups is 1. The molecule has 1 N–H and O–H groups in total. The summed E-state index contributed by atoms with van der Waals surface area (Å²) in [5, 5.41) is 0. The smallest absolute Gasteiger partial charge is 0.315 e. The van der Waals surface area contributed by atoms with Gasteiger partial charge in [-0.05, 0) is 55.5 Å². The van der Waals surface area contributed by atoms with Gasteiger partial charge in [-0.2, -0.15) is 0 Å². The predicted octanol–water partition coefficient (Wildman–Crippen LogP) is 5.00. The Bertz CT molecular complexity index is 1190. The van der Waals surface area contributed by atoms with E-state index in [0.717, 1.165) is 11.6 Å². The van der Waals surface area contributed by atoms with Crippen LogP contribution in [0.1, 0.15) is 39.7 Å². The zero-order valence-electron chi connectivity index (χ0n) is 16.7. The number of ether oxygens (including phenoxy) is 1. The second-order valence-corrected chi connectivity index (χ2v) is 6.55. The number of rotatable bonds is 4. The molecule has 3 rings (SSSR count). The first-order valence-corrected chi connectivity index (χ1v) is 8.97. The lowest BCUT2D eigenvalue weighted by atomic mass is 9.96. The molecule has 30 heavy (non-hydrogen) atoms. The zero-order chi connectivity index (χ0) is 21.8. The maximum Gasteiger partial charge on any atom is 0.315 e. The highest BCUT2D eigenvalue weighted by molar-refractivity contribution is 6.12. The minimum absolute atomic E-state index is 0.103. The van der Waals surface area contributed by atoms with Gasteiger partial charge in [0.05, 0.1) is 18.4 Å². The van der Waals surface area contributed by atoms with E-state index in [1.165, 1.54) is 32.5 Å². The number of benzene rings is 1. The van der Waals surface area contributed by atoms with Crippen LogP contribution in [0.2, 0.25) is 0 Å². The van der Waals surface area contributed by atoms with Crippen LogP contribution in [0.15, 0.2) is 57.5 Å². The molecular weight excluding hydrogens is 388 g/mol. The average molecular weight is 407 g/mol. The van der Waals surface area contributed by atoms with E-state index in [2.05, 4.69) is 27.4 Å². The van der Waals surface area contributed by atoms with Crippen LogP contribution in [-0.4, -0.2) is 30.6 Å². The highest BCUT2D eigenvalue weighted by atomic mass is 19.1. The van der Waals surface area contributed by atoms with E-state index in [4.69, 9.17) is 4.74 Å². The summed E-state index contributed by atoms with van der Waals surface area (Å²) in [4.78, 5) is 23.7. The third kappa shape index (κ3) is 3.97. The van der Waals surface area contributed by atoms with Gasteiger partial charge in [-0.3, -0.25) is 4.79 Å². The highest BCUT2D eigenvalue weighted by Crippen LogP contribution is 2.28. The number of allylic oxidation sites excluding steroid dienone is 3. The second-order valence-electron chi connectivity index (χ2n) is 6.55. The number of fused-ring (bicyclic) bond motifs is 1. The Morgan fingerprint density at radius 2 is 2.07 bits per heavy atom. The van der Waals surface area contributed by atoms with Crippen molar-refractivity contribution in [3.8, 4) is 0 Å². The molecule has 1 aliphatic rings. The van der Waals surface area contributed by atoms with Gasteiger partial charge in [-0.1, -0.05) is 6.07 Å². The quantitative estimate of drug-likeness (QED) is 0.335. The van der Waals surface area contributed by atoms with Crippen molar-refractivity contribution in [2.75, 3.05) is 7.11 Å².